The van der Waals surface area contributed by atoms with Gasteiger partial charge in [-0.2, -0.15) is 0 Å². The van der Waals surface area contributed by atoms with Gasteiger partial charge in [-0.3, -0.25) is 4.79 Å². The van der Waals surface area contributed by atoms with Gasteiger partial charge in [0.25, 0.3) is 15.0 Å². The third kappa shape index (κ3) is 3.30. The van der Waals surface area contributed by atoms with Crippen LogP contribution in [0.3, 0.4) is 0 Å². The number of carbonyl (C=O) groups excluding carboxylic acids is 1. The summed E-state index contributed by atoms with van der Waals surface area (Å²) >= 11 is 3.20. The molecule has 0 heterocycles. The van der Waals surface area contributed by atoms with E-state index in [0.717, 1.165) is 19.3 Å². The Morgan fingerprint density at radius 3 is 2.53 bits per heavy atom. The summed E-state index contributed by atoms with van der Waals surface area (Å²) in [5, 5.41) is 2.88. The van der Waals surface area contributed by atoms with Crippen LogP contribution in [0.4, 0.5) is 0 Å². The van der Waals surface area contributed by atoms with Crippen molar-refractivity contribution >= 4 is 41.6 Å². The van der Waals surface area contributed by atoms with E-state index in [2.05, 4.69) is 21.2 Å². The third-order valence-corrected chi connectivity index (χ3v) is 5.18. The highest BCUT2D eigenvalue weighted by Gasteiger charge is 2.24. The van der Waals surface area contributed by atoms with E-state index in [1.54, 1.807) is 13.0 Å². The molecule has 0 atom stereocenters. The minimum atomic E-state index is -3.87. The molecule has 104 valence electrons. The van der Waals surface area contributed by atoms with Crippen LogP contribution in [0, 0.1) is 6.92 Å². The zero-order chi connectivity index (χ0) is 14.2. The van der Waals surface area contributed by atoms with Crippen molar-refractivity contribution in [1.82, 2.24) is 5.32 Å². The molecule has 0 bridgehead atoms. The Morgan fingerprint density at radius 1 is 1.42 bits per heavy atom. The van der Waals surface area contributed by atoms with E-state index >= 15 is 0 Å². The molecular formula is C12H13BrClNO3S. The molecule has 0 radical (unpaired) electrons. The molecule has 1 amide bonds. The highest BCUT2D eigenvalue weighted by Crippen LogP contribution is 2.28. The van der Waals surface area contributed by atoms with Crippen LogP contribution in [0.5, 0.6) is 0 Å². The summed E-state index contributed by atoms with van der Waals surface area (Å²) in [6.45, 7) is 1.58. The minimum Gasteiger partial charge on any atom is -0.349 e. The van der Waals surface area contributed by atoms with Crippen LogP contribution in [0.2, 0.25) is 0 Å². The van der Waals surface area contributed by atoms with E-state index in [9.17, 15) is 13.2 Å². The van der Waals surface area contributed by atoms with E-state index in [-0.39, 0.29) is 16.8 Å². The highest BCUT2D eigenvalue weighted by molar-refractivity contribution is 9.10. The number of hydrogen-bond donors (Lipinski definition) is 1. The molecule has 4 nitrogen and oxygen atoms in total. The first kappa shape index (κ1) is 14.8. The maximum absolute atomic E-state index is 12.1. The normalized spacial score (nSPS) is 15.9. The molecule has 19 heavy (non-hydrogen) atoms. The second kappa shape index (κ2) is 5.42. The van der Waals surface area contributed by atoms with Crippen molar-refractivity contribution in [3.8, 4) is 0 Å². The van der Waals surface area contributed by atoms with Crippen molar-refractivity contribution in [2.24, 2.45) is 0 Å². The number of halogens is 2. The molecule has 1 aliphatic carbocycles. The van der Waals surface area contributed by atoms with Gasteiger partial charge in [-0.15, -0.1) is 0 Å². The molecule has 7 heteroatoms. The predicted octanol–water partition coefficient (Wildman–Crippen LogP) is 2.97. The van der Waals surface area contributed by atoms with Crippen LogP contribution in [0.25, 0.3) is 0 Å². The Bertz CT molecular complexity index is 626. The molecule has 0 aliphatic heterocycles. The van der Waals surface area contributed by atoms with Crippen molar-refractivity contribution < 1.29 is 13.2 Å². The second-order valence-corrected chi connectivity index (χ2v) is 8.07. The fraction of sp³-hybridized carbons (Fsp3) is 0.417. The molecule has 1 aliphatic rings. The minimum absolute atomic E-state index is 0.0395. The van der Waals surface area contributed by atoms with Crippen LogP contribution < -0.4 is 5.32 Å². The van der Waals surface area contributed by atoms with Crippen molar-refractivity contribution in [3.63, 3.8) is 0 Å². The maximum Gasteiger partial charge on any atom is 0.261 e. The average Bonchev–Trinajstić information content (AvgIpc) is 2.24. The fourth-order valence-electron chi connectivity index (χ4n) is 1.96. The van der Waals surface area contributed by atoms with E-state index in [0.29, 0.717) is 15.6 Å². The van der Waals surface area contributed by atoms with Gasteiger partial charge in [0.05, 0.1) is 4.90 Å². The van der Waals surface area contributed by atoms with Crippen molar-refractivity contribution in [1.29, 1.82) is 0 Å². The zero-order valence-electron chi connectivity index (χ0n) is 10.2. The van der Waals surface area contributed by atoms with Crippen molar-refractivity contribution in [3.05, 3.63) is 27.7 Å². The van der Waals surface area contributed by atoms with Crippen LogP contribution in [-0.2, 0) is 9.05 Å². The van der Waals surface area contributed by atoms with Crippen molar-refractivity contribution in [2.45, 2.75) is 37.1 Å². The first-order chi connectivity index (χ1) is 8.79. The van der Waals surface area contributed by atoms with E-state index < -0.39 is 9.05 Å². The number of rotatable bonds is 3. The van der Waals surface area contributed by atoms with Gasteiger partial charge < -0.3 is 5.32 Å². The summed E-state index contributed by atoms with van der Waals surface area (Å²) in [6.07, 6.45) is 3.06. The molecule has 2 rings (SSSR count). The Balaban J connectivity index is 2.39. The summed E-state index contributed by atoms with van der Waals surface area (Å²) in [6, 6.07) is 3.20. The molecule has 0 saturated heterocycles. The number of benzene rings is 1. The van der Waals surface area contributed by atoms with Crippen LogP contribution in [-0.4, -0.2) is 20.4 Å². The topological polar surface area (TPSA) is 63.2 Å². The quantitative estimate of drug-likeness (QED) is 0.837. The molecule has 0 spiro atoms. The summed E-state index contributed by atoms with van der Waals surface area (Å²) in [5.41, 5.74) is 0.704. The lowest BCUT2D eigenvalue weighted by molar-refractivity contribution is 0.0916. The molecule has 0 unspecified atom stereocenters. The number of amides is 1. The van der Waals surface area contributed by atoms with Gasteiger partial charge in [0.1, 0.15) is 0 Å². The van der Waals surface area contributed by atoms with Gasteiger partial charge >= 0.3 is 0 Å². The maximum atomic E-state index is 12.1. The molecule has 1 aromatic rings. The molecule has 1 saturated carbocycles. The lowest BCUT2D eigenvalue weighted by Gasteiger charge is -2.26. The van der Waals surface area contributed by atoms with E-state index in [1.165, 1.54) is 6.07 Å². The van der Waals surface area contributed by atoms with Gasteiger partial charge in [0.2, 0.25) is 0 Å². The molecule has 1 fully saturated rings. The molecule has 1 aromatic carbocycles. The first-order valence-corrected chi connectivity index (χ1v) is 8.95. The number of nitrogens with one attached hydrogen (secondary N) is 1. The Hall–Kier alpha value is -0.590. The Labute approximate surface area is 125 Å². The second-order valence-electron chi connectivity index (χ2n) is 4.62. The standard InChI is InChI=1S/C12H13BrClNO3S/c1-7-10(12(16)15-9-3-2-4-9)5-8(13)6-11(7)19(14,17)18/h5-6,9H,2-4H2,1H3,(H,15,16). The van der Waals surface area contributed by atoms with Crippen molar-refractivity contribution in [2.75, 3.05) is 0 Å². The average molecular weight is 367 g/mol. The molecule has 1 N–H and O–H groups in total. The number of carbonyl (C=O) groups is 1. The monoisotopic (exact) mass is 365 g/mol. The Kier molecular flexibility index (Phi) is 4.23. The summed E-state index contributed by atoms with van der Waals surface area (Å²) < 4.78 is 23.5. The fourth-order valence-corrected chi connectivity index (χ4v) is 3.79. The lowest BCUT2D eigenvalue weighted by atomic mass is 9.92. The summed E-state index contributed by atoms with van der Waals surface area (Å²) in [7, 11) is 1.51. The van der Waals surface area contributed by atoms with Gasteiger partial charge in [-0.25, -0.2) is 8.42 Å². The highest BCUT2D eigenvalue weighted by atomic mass is 79.9. The lowest BCUT2D eigenvalue weighted by Crippen LogP contribution is -2.39. The number of hydrogen-bond acceptors (Lipinski definition) is 3. The van der Waals surface area contributed by atoms with Gasteiger partial charge in [0, 0.05) is 26.8 Å². The van der Waals surface area contributed by atoms with Crippen LogP contribution in [0.15, 0.2) is 21.5 Å². The first-order valence-electron chi connectivity index (χ1n) is 5.84. The Morgan fingerprint density at radius 2 is 2.05 bits per heavy atom. The molecular weight excluding hydrogens is 354 g/mol. The summed E-state index contributed by atoms with van der Waals surface area (Å²) in [4.78, 5) is 12.1. The van der Waals surface area contributed by atoms with Gasteiger partial charge in [-0.05, 0) is 43.9 Å². The van der Waals surface area contributed by atoms with Gasteiger partial charge in [-0.1, -0.05) is 15.9 Å². The van der Waals surface area contributed by atoms with Crippen LogP contribution >= 0.6 is 26.6 Å². The summed E-state index contributed by atoms with van der Waals surface area (Å²) in [5.74, 6) is -0.259. The zero-order valence-corrected chi connectivity index (χ0v) is 13.4. The van der Waals surface area contributed by atoms with E-state index in [1.807, 2.05) is 0 Å². The smallest absolute Gasteiger partial charge is 0.261 e. The van der Waals surface area contributed by atoms with Crippen LogP contribution in [0.1, 0.15) is 35.2 Å². The van der Waals surface area contributed by atoms with Gasteiger partial charge in [0.15, 0.2) is 0 Å². The third-order valence-electron chi connectivity index (χ3n) is 3.27. The largest absolute Gasteiger partial charge is 0.349 e. The van der Waals surface area contributed by atoms with E-state index in [4.69, 9.17) is 10.7 Å². The predicted molar refractivity (Wildman–Crippen MR) is 77.0 cm³/mol. The molecule has 0 aromatic heterocycles. The SMILES string of the molecule is Cc1c(C(=O)NC2CCC2)cc(Br)cc1S(=O)(=O)Cl.